The highest BCUT2D eigenvalue weighted by Crippen LogP contribution is 2.36. The summed E-state index contributed by atoms with van der Waals surface area (Å²) >= 11 is 0. The van der Waals surface area contributed by atoms with E-state index in [0.29, 0.717) is 24.8 Å². The van der Waals surface area contributed by atoms with Crippen molar-refractivity contribution in [2.75, 3.05) is 13.6 Å². The van der Waals surface area contributed by atoms with Crippen molar-refractivity contribution in [3.05, 3.63) is 0 Å². The van der Waals surface area contributed by atoms with Crippen molar-refractivity contribution < 1.29 is 14.7 Å². The molecule has 2 fully saturated rings. The molecule has 1 saturated heterocycles. The maximum Gasteiger partial charge on any atom is 0.307 e. The number of carboxylic acid groups (broad SMARTS) is 1. The molecule has 1 heterocycles. The molecule has 2 aliphatic rings. The Morgan fingerprint density at radius 1 is 1.15 bits per heavy atom. The van der Waals surface area contributed by atoms with E-state index in [1.165, 1.54) is 0 Å². The third kappa shape index (κ3) is 3.32. The Kier molecular flexibility index (Phi) is 4.68. The van der Waals surface area contributed by atoms with Gasteiger partial charge in [-0.15, -0.1) is 0 Å². The van der Waals surface area contributed by atoms with Crippen LogP contribution in [0.25, 0.3) is 0 Å². The molecule has 5 unspecified atom stereocenters. The summed E-state index contributed by atoms with van der Waals surface area (Å²) in [7, 11) is 2.10. The fourth-order valence-electron chi connectivity index (χ4n) is 3.58. The second-order valence-corrected chi connectivity index (χ2v) is 6.69. The van der Waals surface area contributed by atoms with Gasteiger partial charge in [-0.1, -0.05) is 6.92 Å². The van der Waals surface area contributed by atoms with E-state index in [1.807, 2.05) is 6.92 Å². The van der Waals surface area contributed by atoms with E-state index in [0.717, 1.165) is 19.4 Å². The first-order valence-corrected chi connectivity index (χ1v) is 7.62. The van der Waals surface area contributed by atoms with Gasteiger partial charge in [0.25, 0.3) is 0 Å². The van der Waals surface area contributed by atoms with Crippen molar-refractivity contribution in [2.45, 2.75) is 51.6 Å². The van der Waals surface area contributed by atoms with Crippen molar-refractivity contribution in [1.29, 1.82) is 0 Å². The molecule has 20 heavy (non-hydrogen) atoms. The van der Waals surface area contributed by atoms with Crippen LogP contribution in [0.4, 0.5) is 0 Å². The molecule has 0 aromatic carbocycles. The Morgan fingerprint density at radius 2 is 1.80 bits per heavy atom. The number of carbonyl (C=O) groups is 2. The molecule has 0 aromatic rings. The standard InChI is InChI=1S/C15H26N2O3/c1-9-6-12(13(7-9)15(19)20)14(18)16-11-4-5-17(3)10(2)8-11/h9-13H,4-8H2,1-3H3,(H,16,18)(H,19,20). The third-order valence-corrected chi connectivity index (χ3v) is 5.01. The number of aliphatic carboxylic acids is 1. The van der Waals surface area contributed by atoms with Crippen molar-refractivity contribution in [2.24, 2.45) is 17.8 Å². The minimum atomic E-state index is -0.828. The number of carboxylic acids is 1. The van der Waals surface area contributed by atoms with E-state index in [2.05, 4.69) is 24.2 Å². The van der Waals surface area contributed by atoms with Crippen molar-refractivity contribution >= 4 is 11.9 Å². The lowest BCUT2D eigenvalue weighted by Gasteiger charge is -2.35. The molecule has 5 atom stereocenters. The first kappa shape index (κ1) is 15.3. The highest BCUT2D eigenvalue weighted by Gasteiger charge is 2.41. The largest absolute Gasteiger partial charge is 0.481 e. The number of nitrogens with zero attached hydrogens (tertiary/aromatic N) is 1. The lowest BCUT2D eigenvalue weighted by atomic mass is 9.93. The predicted molar refractivity (Wildman–Crippen MR) is 76.3 cm³/mol. The summed E-state index contributed by atoms with van der Waals surface area (Å²) in [4.78, 5) is 25.9. The number of piperidine rings is 1. The SMILES string of the molecule is CC1CC(C(=O)O)C(C(=O)NC2CCN(C)C(C)C2)C1. The lowest BCUT2D eigenvalue weighted by molar-refractivity contribution is -0.146. The van der Waals surface area contributed by atoms with Gasteiger partial charge in [0.05, 0.1) is 11.8 Å². The van der Waals surface area contributed by atoms with Gasteiger partial charge in [-0.2, -0.15) is 0 Å². The van der Waals surface area contributed by atoms with Crippen LogP contribution < -0.4 is 5.32 Å². The van der Waals surface area contributed by atoms with Crippen LogP contribution in [0.3, 0.4) is 0 Å². The topological polar surface area (TPSA) is 69.6 Å². The normalized spacial score (nSPS) is 38.6. The highest BCUT2D eigenvalue weighted by atomic mass is 16.4. The monoisotopic (exact) mass is 282 g/mol. The van der Waals surface area contributed by atoms with Gasteiger partial charge in [0, 0.05) is 18.6 Å². The molecule has 1 saturated carbocycles. The van der Waals surface area contributed by atoms with Gasteiger partial charge in [-0.05, 0) is 45.6 Å². The molecule has 0 bridgehead atoms. The molecule has 2 N–H and O–H groups in total. The zero-order valence-electron chi connectivity index (χ0n) is 12.6. The molecule has 1 aliphatic heterocycles. The van der Waals surface area contributed by atoms with E-state index in [4.69, 9.17) is 0 Å². The maximum absolute atomic E-state index is 12.4. The number of rotatable bonds is 3. The summed E-state index contributed by atoms with van der Waals surface area (Å²) in [6.45, 7) is 5.17. The second kappa shape index (κ2) is 6.12. The number of nitrogens with one attached hydrogen (secondary N) is 1. The van der Waals surface area contributed by atoms with Crippen LogP contribution in [0.1, 0.15) is 39.5 Å². The van der Waals surface area contributed by atoms with Crippen LogP contribution in [-0.4, -0.2) is 47.6 Å². The van der Waals surface area contributed by atoms with E-state index >= 15 is 0 Å². The Hall–Kier alpha value is -1.10. The van der Waals surface area contributed by atoms with Gasteiger partial charge < -0.3 is 15.3 Å². The highest BCUT2D eigenvalue weighted by molar-refractivity contribution is 5.85. The minimum Gasteiger partial charge on any atom is -0.481 e. The number of amides is 1. The molecule has 0 spiro atoms. The Bertz CT molecular complexity index is 385. The van der Waals surface area contributed by atoms with Gasteiger partial charge in [0.1, 0.15) is 0 Å². The van der Waals surface area contributed by atoms with Crippen LogP contribution in [0, 0.1) is 17.8 Å². The van der Waals surface area contributed by atoms with Crippen molar-refractivity contribution in [1.82, 2.24) is 10.2 Å². The van der Waals surface area contributed by atoms with Crippen LogP contribution in [-0.2, 0) is 9.59 Å². The Balaban J connectivity index is 1.92. The van der Waals surface area contributed by atoms with Gasteiger partial charge in [0.15, 0.2) is 0 Å². The Morgan fingerprint density at radius 3 is 2.40 bits per heavy atom. The van der Waals surface area contributed by atoms with E-state index in [9.17, 15) is 14.7 Å². The summed E-state index contributed by atoms with van der Waals surface area (Å²) in [6, 6.07) is 0.658. The number of carbonyl (C=O) groups excluding carboxylic acids is 1. The van der Waals surface area contributed by atoms with Gasteiger partial charge >= 0.3 is 5.97 Å². The first-order chi connectivity index (χ1) is 9.38. The fraction of sp³-hybridized carbons (Fsp3) is 0.867. The third-order valence-electron chi connectivity index (χ3n) is 5.01. The summed E-state index contributed by atoms with van der Waals surface area (Å²) in [6.07, 6.45) is 3.22. The number of hydrogen-bond donors (Lipinski definition) is 2. The van der Waals surface area contributed by atoms with Crippen molar-refractivity contribution in [3.63, 3.8) is 0 Å². The van der Waals surface area contributed by atoms with Crippen LogP contribution in [0.2, 0.25) is 0 Å². The molecular weight excluding hydrogens is 256 g/mol. The van der Waals surface area contributed by atoms with E-state index < -0.39 is 11.9 Å². The molecule has 0 aromatic heterocycles. The van der Waals surface area contributed by atoms with Gasteiger partial charge in [0.2, 0.25) is 5.91 Å². The predicted octanol–water partition coefficient (Wildman–Crippen LogP) is 1.33. The van der Waals surface area contributed by atoms with Gasteiger partial charge in [-0.25, -0.2) is 0 Å². The number of hydrogen-bond acceptors (Lipinski definition) is 3. The molecule has 5 nitrogen and oxygen atoms in total. The Labute approximate surface area is 120 Å². The van der Waals surface area contributed by atoms with Gasteiger partial charge in [-0.3, -0.25) is 9.59 Å². The molecule has 114 valence electrons. The van der Waals surface area contributed by atoms with Crippen LogP contribution in [0.5, 0.6) is 0 Å². The number of likely N-dealkylation sites (tertiary alicyclic amines) is 1. The maximum atomic E-state index is 12.4. The molecule has 2 rings (SSSR count). The zero-order valence-corrected chi connectivity index (χ0v) is 12.6. The average molecular weight is 282 g/mol. The van der Waals surface area contributed by atoms with Crippen molar-refractivity contribution in [3.8, 4) is 0 Å². The van der Waals surface area contributed by atoms with E-state index in [1.54, 1.807) is 0 Å². The summed E-state index contributed by atoms with van der Waals surface area (Å²) in [5.74, 6) is -1.41. The van der Waals surface area contributed by atoms with E-state index in [-0.39, 0.29) is 17.9 Å². The molecular formula is C15H26N2O3. The molecule has 1 amide bonds. The summed E-state index contributed by atoms with van der Waals surface area (Å²) in [5, 5.41) is 12.3. The molecule has 0 radical (unpaired) electrons. The first-order valence-electron chi connectivity index (χ1n) is 7.62. The van der Waals surface area contributed by atoms with Crippen LogP contribution in [0.15, 0.2) is 0 Å². The molecule has 1 aliphatic carbocycles. The smallest absolute Gasteiger partial charge is 0.307 e. The minimum absolute atomic E-state index is 0.0523. The zero-order chi connectivity index (χ0) is 14.9. The average Bonchev–Trinajstić information content (AvgIpc) is 2.76. The summed E-state index contributed by atoms with van der Waals surface area (Å²) < 4.78 is 0. The fourth-order valence-corrected chi connectivity index (χ4v) is 3.58. The quantitative estimate of drug-likeness (QED) is 0.819. The second-order valence-electron chi connectivity index (χ2n) is 6.69. The summed E-state index contributed by atoms with van der Waals surface area (Å²) in [5.41, 5.74) is 0. The molecule has 5 heteroatoms. The lowest BCUT2D eigenvalue weighted by Crippen LogP contribution is -2.49. The van der Waals surface area contributed by atoms with Crippen LogP contribution >= 0.6 is 0 Å².